The van der Waals surface area contributed by atoms with Crippen molar-refractivity contribution in [1.82, 2.24) is 10.3 Å². The summed E-state index contributed by atoms with van der Waals surface area (Å²) in [7, 11) is 0. The third-order valence-corrected chi connectivity index (χ3v) is 4.89. The van der Waals surface area contributed by atoms with E-state index in [1.807, 2.05) is 18.2 Å². The zero-order chi connectivity index (χ0) is 20.1. The molecule has 0 saturated carbocycles. The Morgan fingerprint density at radius 1 is 1.14 bits per heavy atom. The van der Waals surface area contributed by atoms with Gasteiger partial charge in [0.1, 0.15) is 5.76 Å². The summed E-state index contributed by atoms with van der Waals surface area (Å²) in [6, 6.07) is 11.6. The van der Waals surface area contributed by atoms with E-state index in [1.165, 1.54) is 22.3 Å². The molecule has 4 heteroatoms. The first-order valence-corrected chi connectivity index (χ1v) is 9.45. The summed E-state index contributed by atoms with van der Waals surface area (Å²) in [4.78, 5) is 16.7. The first-order valence-electron chi connectivity index (χ1n) is 9.45. The van der Waals surface area contributed by atoms with Gasteiger partial charge in [0, 0.05) is 18.8 Å². The minimum atomic E-state index is -0.229. The molecule has 4 nitrogen and oxygen atoms in total. The van der Waals surface area contributed by atoms with Crippen LogP contribution < -0.4 is 5.32 Å². The highest BCUT2D eigenvalue weighted by atomic mass is 16.3. The summed E-state index contributed by atoms with van der Waals surface area (Å²) in [5.74, 6) is 0.872. The van der Waals surface area contributed by atoms with Gasteiger partial charge in [-0.1, -0.05) is 23.8 Å². The molecule has 0 aliphatic rings. The molecule has 0 radical (unpaired) electrons. The van der Waals surface area contributed by atoms with Gasteiger partial charge in [-0.2, -0.15) is 0 Å². The Bertz CT molecular complexity index is 950. The molecule has 1 aromatic carbocycles. The Morgan fingerprint density at radius 2 is 1.82 bits per heavy atom. The fraction of sp³-hybridized carbons (Fsp3) is 0.250. The third-order valence-electron chi connectivity index (χ3n) is 4.89. The van der Waals surface area contributed by atoms with Crippen LogP contribution in [0.4, 0.5) is 0 Å². The van der Waals surface area contributed by atoms with Crippen molar-refractivity contribution in [2.24, 2.45) is 0 Å². The lowest BCUT2D eigenvalue weighted by Crippen LogP contribution is -2.28. The molecule has 2 aromatic heterocycles. The van der Waals surface area contributed by atoms with Crippen LogP contribution in [0.2, 0.25) is 0 Å². The second-order valence-electron chi connectivity index (χ2n) is 7.15. The van der Waals surface area contributed by atoms with Crippen LogP contribution in [0.15, 0.2) is 65.9 Å². The molecule has 1 amide bonds. The van der Waals surface area contributed by atoms with Gasteiger partial charge in [0.15, 0.2) is 5.76 Å². The number of carbonyl (C=O) groups excluding carboxylic acids is 1. The lowest BCUT2D eigenvalue weighted by molar-refractivity contribution is 0.0907. The van der Waals surface area contributed by atoms with E-state index in [0.29, 0.717) is 18.6 Å². The average molecular weight is 374 g/mol. The van der Waals surface area contributed by atoms with E-state index in [9.17, 15) is 4.79 Å². The molecule has 3 rings (SSSR count). The second kappa shape index (κ2) is 8.70. The van der Waals surface area contributed by atoms with Crippen LogP contribution in [-0.2, 0) is 6.42 Å². The van der Waals surface area contributed by atoms with Crippen molar-refractivity contribution in [3.63, 3.8) is 0 Å². The van der Waals surface area contributed by atoms with Crippen LogP contribution in [0.5, 0.6) is 0 Å². The Kier molecular flexibility index (Phi) is 6.09. The van der Waals surface area contributed by atoms with E-state index < -0.39 is 0 Å². The number of nitrogens with zero attached hydrogens (tertiary/aromatic N) is 1. The van der Waals surface area contributed by atoms with E-state index in [0.717, 1.165) is 11.3 Å². The number of carbonyl (C=O) groups is 1. The Hall–Kier alpha value is -3.14. The molecule has 0 aliphatic heterocycles. The molecule has 0 bridgehead atoms. The van der Waals surface area contributed by atoms with Gasteiger partial charge in [0.05, 0.1) is 6.04 Å². The highest BCUT2D eigenvalue weighted by molar-refractivity contribution is 5.91. The summed E-state index contributed by atoms with van der Waals surface area (Å²) < 4.78 is 5.85. The zero-order valence-corrected chi connectivity index (χ0v) is 16.7. The summed E-state index contributed by atoms with van der Waals surface area (Å²) in [6.07, 6.45) is 6.53. The average Bonchev–Trinajstić information content (AvgIpc) is 3.14. The molecule has 0 spiro atoms. The summed E-state index contributed by atoms with van der Waals surface area (Å²) in [5, 5.41) is 3.03. The van der Waals surface area contributed by atoms with Gasteiger partial charge in [0.25, 0.3) is 5.91 Å². The normalized spacial score (nSPS) is 11.8. The van der Waals surface area contributed by atoms with Crippen molar-refractivity contribution >= 4 is 5.91 Å². The van der Waals surface area contributed by atoms with E-state index in [1.54, 1.807) is 24.5 Å². The number of hydrogen-bond acceptors (Lipinski definition) is 3. The predicted octanol–water partition coefficient (Wildman–Crippen LogP) is 5.24. The van der Waals surface area contributed by atoms with Crippen molar-refractivity contribution < 1.29 is 9.21 Å². The van der Waals surface area contributed by atoms with E-state index in [4.69, 9.17) is 4.42 Å². The minimum Gasteiger partial charge on any atom is -0.456 e. The van der Waals surface area contributed by atoms with Crippen molar-refractivity contribution in [1.29, 1.82) is 0 Å². The molecular formula is C24H26N2O2. The van der Waals surface area contributed by atoms with Gasteiger partial charge >= 0.3 is 0 Å². The Morgan fingerprint density at radius 3 is 2.46 bits per heavy atom. The summed E-state index contributed by atoms with van der Waals surface area (Å²) in [5.41, 5.74) is 5.96. The number of furan rings is 1. The number of nitrogens with one attached hydrogen (secondary N) is 1. The Labute approximate surface area is 166 Å². The second-order valence-corrected chi connectivity index (χ2v) is 7.15. The highest BCUT2D eigenvalue weighted by Gasteiger charge is 2.18. The number of amides is 1. The standard InChI is InChI=1S/C24H26N2O2/c1-5-6-22(19-9-11-25-12-10-19)26-24(27)23-8-7-20(28-23)15-21-17(3)13-16(2)14-18(21)4/h5,7-14,22H,1,6,15H2,2-4H3,(H,26,27). The number of benzene rings is 1. The monoisotopic (exact) mass is 374 g/mol. The van der Waals surface area contributed by atoms with E-state index in [2.05, 4.69) is 49.8 Å². The van der Waals surface area contributed by atoms with Crippen molar-refractivity contribution in [3.05, 3.63) is 101 Å². The molecule has 3 aromatic rings. The Balaban J connectivity index is 1.74. The lowest BCUT2D eigenvalue weighted by Gasteiger charge is -2.16. The molecule has 144 valence electrons. The number of pyridine rings is 1. The van der Waals surface area contributed by atoms with Crippen LogP contribution in [-0.4, -0.2) is 10.9 Å². The van der Waals surface area contributed by atoms with Crippen molar-refractivity contribution in [2.75, 3.05) is 0 Å². The maximum absolute atomic E-state index is 12.7. The smallest absolute Gasteiger partial charge is 0.287 e. The molecule has 2 heterocycles. The maximum Gasteiger partial charge on any atom is 0.287 e. The van der Waals surface area contributed by atoms with Gasteiger partial charge in [-0.05, 0) is 73.7 Å². The third kappa shape index (κ3) is 4.58. The molecular weight excluding hydrogens is 348 g/mol. The first-order chi connectivity index (χ1) is 13.5. The van der Waals surface area contributed by atoms with Crippen LogP contribution in [0.3, 0.4) is 0 Å². The fourth-order valence-corrected chi connectivity index (χ4v) is 3.53. The van der Waals surface area contributed by atoms with Crippen LogP contribution in [0, 0.1) is 20.8 Å². The molecule has 0 saturated heterocycles. The van der Waals surface area contributed by atoms with Gasteiger partial charge in [-0.15, -0.1) is 6.58 Å². The quantitative estimate of drug-likeness (QED) is 0.576. The number of aromatic nitrogens is 1. The van der Waals surface area contributed by atoms with E-state index in [-0.39, 0.29) is 11.9 Å². The topological polar surface area (TPSA) is 55.1 Å². The van der Waals surface area contributed by atoms with Crippen molar-refractivity contribution in [2.45, 2.75) is 39.7 Å². The number of hydrogen-bond donors (Lipinski definition) is 1. The first kappa shape index (κ1) is 19.6. The maximum atomic E-state index is 12.7. The van der Waals surface area contributed by atoms with Gasteiger partial charge in [-0.3, -0.25) is 9.78 Å². The number of rotatable bonds is 7. The van der Waals surface area contributed by atoms with Gasteiger partial charge in [0.2, 0.25) is 0 Å². The largest absolute Gasteiger partial charge is 0.456 e. The highest BCUT2D eigenvalue weighted by Crippen LogP contribution is 2.22. The molecule has 1 unspecified atom stereocenters. The van der Waals surface area contributed by atoms with Gasteiger partial charge in [-0.25, -0.2) is 0 Å². The summed E-state index contributed by atoms with van der Waals surface area (Å²) >= 11 is 0. The lowest BCUT2D eigenvalue weighted by atomic mass is 9.97. The van der Waals surface area contributed by atoms with Gasteiger partial charge < -0.3 is 9.73 Å². The van der Waals surface area contributed by atoms with Crippen LogP contribution >= 0.6 is 0 Å². The molecule has 1 atom stereocenters. The SMILES string of the molecule is C=CCC(NC(=O)c1ccc(Cc2c(C)cc(C)cc2C)o1)c1ccncc1. The molecule has 28 heavy (non-hydrogen) atoms. The van der Waals surface area contributed by atoms with Crippen LogP contribution in [0.1, 0.15) is 56.6 Å². The zero-order valence-electron chi connectivity index (χ0n) is 16.7. The summed E-state index contributed by atoms with van der Waals surface area (Å²) in [6.45, 7) is 10.1. The van der Waals surface area contributed by atoms with Crippen LogP contribution in [0.25, 0.3) is 0 Å². The minimum absolute atomic E-state index is 0.164. The van der Waals surface area contributed by atoms with Crippen molar-refractivity contribution in [3.8, 4) is 0 Å². The molecule has 0 aliphatic carbocycles. The number of aryl methyl sites for hydroxylation is 3. The predicted molar refractivity (Wildman–Crippen MR) is 111 cm³/mol. The fourth-order valence-electron chi connectivity index (χ4n) is 3.53. The van der Waals surface area contributed by atoms with E-state index >= 15 is 0 Å². The molecule has 1 N–H and O–H groups in total. The molecule has 0 fully saturated rings.